The number of pyridine rings is 1. The van der Waals surface area contributed by atoms with E-state index in [2.05, 4.69) is 15.6 Å². The molecule has 0 aliphatic rings. The fraction of sp³-hybridized carbons (Fsp3) is 0.100. The molecule has 0 saturated carbocycles. The number of aromatic nitrogens is 4. The van der Waals surface area contributed by atoms with Gasteiger partial charge in [0.05, 0.1) is 40.9 Å². The number of amides is 1. The molecule has 4 rings (SSSR count). The van der Waals surface area contributed by atoms with Crippen molar-refractivity contribution in [3.8, 4) is 17.1 Å². The molecule has 3 aromatic heterocycles. The van der Waals surface area contributed by atoms with E-state index in [0.29, 0.717) is 26.3 Å². The molecule has 152 valence electrons. The fourth-order valence-electron chi connectivity index (χ4n) is 2.76. The van der Waals surface area contributed by atoms with Gasteiger partial charge in [0.1, 0.15) is 11.4 Å². The summed E-state index contributed by atoms with van der Waals surface area (Å²) in [7, 11) is 1.55. The number of halogens is 1. The number of benzene rings is 1. The number of hydrogen-bond acceptors (Lipinski definition) is 6. The predicted octanol–water partition coefficient (Wildman–Crippen LogP) is 3.07. The largest absolute Gasteiger partial charge is 0.495 e. The summed E-state index contributed by atoms with van der Waals surface area (Å²) in [5.74, 6) is 0.376. The number of ether oxygens (including phenoxy) is 1. The molecule has 0 bridgehead atoms. The summed E-state index contributed by atoms with van der Waals surface area (Å²) in [5, 5.41) is 11.0. The molecular weight excluding hydrogens is 426 g/mol. The van der Waals surface area contributed by atoms with Crippen molar-refractivity contribution in [1.82, 2.24) is 24.9 Å². The Labute approximate surface area is 180 Å². The maximum absolute atomic E-state index is 12.1. The topological polar surface area (TPSA) is 91.0 Å². The van der Waals surface area contributed by atoms with E-state index in [1.807, 2.05) is 12.1 Å². The Morgan fingerprint density at radius 1 is 1.10 bits per heavy atom. The fourth-order valence-corrected chi connectivity index (χ4v) is 3.72. The Hall–Kier alpha value is -3.43. The van der Waals surface area contributed by atoms with Crippen LogP contribution in [-0.2, 0) is 6.54 Å². The van der Waals surface area contributed by atoms with Gasteiger partial charge < -0.3 is 10.1 Å². The first kappa shape index (κ1) is 19.9. The van der Waals surface area contributed by atoms with Gasteiger partial charge in [-0.1, -0.05) is 16.8 Å². The molecule has 0 atom stereocenters. The average Bonchev–Trinajstić information content (AvgIpc) is 3.42. The molecule has 10 heteroatoms. The molecule has 0 unspecified atom stereocenters. The average molecular weight is 442 g/mol. The van der Waals surface area contributed by atoms with Crippen LogP contribution in [0.2, 0.25) is 4.34 Å². The molecule has 8 nitrogen and oxygen atoms in total. The number of nitrogens with zero attached hydrogens (tertiary/aromatic N) is 4. The molecule has 1 N–H and O–H groups in total. The first-order valence-electron chi connectivity index (χ1n) is 8.86. The van der Waals surface area contributed by atoms with Gasteiger partial charge in [0.15, 0.2) is 0 Å². The van der Waals surface area contributed by atoms with Crippen LogP contribution in [0.25, 0.3) is 11.4 Å². The molecule has 1 aromatic carbocycles. The minimum Gasteiger partial charge on any atom is -0.495 e. The van der Waals surface area contributed by atoms with Crippen molar-refractivity contribution in [3.63, 3.8) is 0 Å². The van der Waals surface area contributed by atoms with E-state index in [1.165, 1.54) is 22.0 Å². The van der Waals surface area contributed by atoms with Crippen LogP contribution in [-0.4, -0.2) is 32.6 Å². The highest BCUT2D eigenvalue weighted by Gasteiger charge is 2.10. The normalized spacial score (nSPS) is 10.7. The molecule has 3 heterocycles. The second kappa shape index (κ2) is 8.52. The molecule has 0 spiro atoms. The summed E-state index contributed by atoms with van der Waals surface area (Å²) in [6.07, 6.45) is 3.36. The first-order chi connectivity index (χ1) is 14.5. The van der Waals surface area contributed by atoms with Gasteiger partial charge in [-0.2, -0.15) is 0 Å². The molecule has 0 aliphatic heterocycles. The molecule has 0 radical (unpaired) electrons. The SMILES string of the molecule is COc1ccc(=O)n(-c2ccc(-n3cc(CNC(=O)c4ccc(Cl)s4)nn3)cc2)c1. The number of rotatable bonds is 6. The van der Waals surface area contributed by atoms with E-state index in [0.717, 1.165) is 5.69 Å². The van der Waals surface area contributed by atoms with Gasteiger partial charge in [-0.05, 0) is 42.5 Å². The summed E-state index contributed by atoms with van der Waals surface area (Å²) < 4.78 is 8.84. The van der Waals surface area contributed by atoms with Gasteiger partial charge in [-0.15, -0.1) is 16.4 Å². The minimum absolute atomic E-state index is 0.158. The van der Waals surface area contributed by atoms with Crippen molar-refractivity contribution in [2.24, 2.45) is 0 Å². The van der Waals surface area contributed by atoms with Gasteiger partial charge in [0.2, 0.25) is 0 Å². The van der Waals surface area contributed by atoms with Gasteiger partial charge in [0, 0.05) is 11.8 Å². The highest BCUT2D eigenvalue weighted by Crippen LogP contribution is 2.21. The Morgan fingerprint density at radius 2 is 1.87 bits per heavy atom. The highest BCUT2D eigenvalue weighted by atomic mass is 35.5. The maximum atomic E-state index is 12.1. The maximum Gasteiger partial charge on any atom is 0.261 e. The number of methoxy groups -OCH3 is 1. The van der Waals surface area contributed by atoms with Gasteiger partial charge in [-0.3, -0.25) is 14.2 Å². The van der Waals surface area contributed by atoms with E-state index < -0.39 is 0 Å². The quantitative estimate of drug-likeness (QED) is 0.496. The Kier molecular flexibility index (Phi) is 5.64. The predicted molar refractivity (Wildman–Crippen MR) is 114 cm³/mol. The Morgan fingerprint density at radius 3 is 2.57 bits per heavy atom. The van der Waals surface area contributed by atoms with Crippen molar-refractivity contribution in [3.05, 3.63) is 86.2 Å². The van der Waals surface area contributed by atoms with Crippen LogP contribution < -0.4 is 15.6 Å². The standard InChI is InChI=1S/C20H16ClN5O3S/c1-29-16-6-9-19(27)25(12-16)14-2-4-15(5-3-14)26-11-13(23-24-26)10-22-20(28)17-7-8-18(21)30-17/h2-9,11-12H,10H2,1H3,(H,22,28). The van der Waals surface area contributed by atoms with Crippen molar-refractivity contribution in [1.29, 1.82) is 0 Å². The van der Waals surface area contributed by atoms with Gasteiger partial charge in [0.25, 0.3) is 11.5 Å². The second-order valence-electron chi connectivity index (χ2n) is 6.23. The molecule has 30 heavy (non-hydrogen) atoms. The molecule has 0 aliphatic carbocycles. The third kappa shape index (κ3) is 4.27. The number of hydrogen-bond donors (Lipinski definition) is 1. The van der Waals surface area contributed by atoms with Crippen LogP contribution in [0.3, 0.4) is 0 Å². The van der Waals surface area contributed by atoms with Crippen LogP contribution in [0.15, 0.2) is 65.7 Å². The Balaban J connectivity index is 1.46. The second-order valence-corrected chi connectivity index (χ2v) is 7.95. The van der Waals surface area contributed by atoms with E-state index in [-0.39, 0.29) is 18.0 Å². The van der Waals surface area contributed by atoms with Gasteiger partial charge >= 0.3 is 0 Å². The van der Waals surface area contributed by atoms with Crippen molar-refractivity contribution in [2.45, 2.75) is 6.54 Å². The van der Waals surface area contributed by atoms with Crippen molar-refractivity contribution >= 4 is 28.8 Å². The van der Waals surface area contributed by atoms with E-state index in [1.54, 1.807) is 54.5 Å². The van der Waals surface area contributed by atoms with E-state index in [4.69, 9.17) is 16.3 Å². The summed E-state index contributed by atoms with van der Waals surface area (Å²) in [6, 6.07) is 13.7. The number of thiophene rings is 1. The van der Waals surface area contributed by atoms with Crippen LogP contribution in [0.5, 0.6) is 5.75 Å². The smallest absolute Gasteiger partial charge is 0.261 e. The first-order valence-corrected chi connectivity index (χ1v) is 10.1. The summed E-state index contributed by atoms with van der Waals surface area (Å²) >= 11 is 7.07. The summed E-state index contributed by atoms with van der Waals surface area (Å²) in [6.45, 7) is 0.242. The molecular formula is C20H16ClN5O3S. The number of nitrogens with one attached hydrogen (secondary N) is 1. The number of carbonyl (C=O) groups excluding carboxylic acids is 1. The van der Waals surface area contributed by atoms with Crippen LogP contribution in [0.4, 0.5) is 0 Å². The minimum atomic E-state index is -0.213. The molecule has 4 aromatic rings. The summed E-state index contributed by atoms with van der Waals surface area (Å²) in [5.41, 5.74) is 1.92. The van der Waals surface area contributed by atoms with Crippen molar-refractivity contribution < 1.29 is 9.53 Å². The van der Waals surface area contributed by atoms with Crippen LogP contribution >= 0.6 is 22.9 Å². The van der Waals surface area contributed by atoms with E-state index >= 15 is 0 Å². The lowest BCUT2D eigenvalue weighted by atomic mass is 10.2. The summed E-state index contributed by atoms with van der Waals surface area (Å²) in [4.78, 5) is 24.8. The Bertz CT molecular complexity index is 1250. The number of carbonyl (C=O) groups is 1. The molecule has 1 amide bonds. The highest BCUT2D eigenvalue weighted by molar-refractivity contribution is 7.17. The zero-order chi connectivity index (χ0) is 21.1. The molecule has 0 saturated heterocycles. The third-order valence-corrected chi connectivity index (χ3v) is 5.51. The van der Waals surface area contributed by atoms with Crippen LogP contribution in [0, 0.1) is 0 Å². The third-order valence-electron chi connectivity index (χ3n) is 4.28. The lowest BCUT2D eigenvalue weighted by Crippen LogP contribution is -2.21. The van der Waals surface area contributed by atoms with Gasteiger partial charge in [-0.25, -0.2) is 4.68 Å². The lowest BCUT2D eigenvalue weighted by molar-refractivity contribution is 0.0954. The van der Waals surface area contributed by atoms with E-state index in [9.17, 15) is 9.59 Å². The molecule has 0 fully saturated rings. The zero-order valence-corrected chi connectivity index (χ0v) is 17.4. The monoisotopic (exact) mass is 441 g/mol. The van der Waals surface area contributed by atoms with Crippen molar-refractivity contribution in [2.75, 3.05) is 7.11 Å². The zero-order valence-electron chi connectivity index (χ0n) is 15.8. The lowest BCUT2D eigenvalue weighted by Gasteiger charge is -2.08. The van der Waals surface area contributed by atoms with Crippen LogP contribution in [0.1, 0.15) is 15.4 Å².